The second kappa shape index (κ2) is 19.3. The van der Waals surface area contributed by atoms with E-state index in [2.05, 4.69) is 162 Å². The van der Waals surface area contributed by atoms with E-state index in [4.69, 9.17) is 4.98 Å². The molecule has 1 radical (unpaired) electrons. The van der Waals surface area contributed by atoms with Crippen LogP contribution >= 0.6 is 0 Å². The number of aliphatic hydroxyl groups is 1. The second-order valence-electron chi connectivity index (χ2n) is 17.6. The molecule has 1 N–H and O–H groups in total. The van der Waals surface area contributed by atoms with E-state index in [0.29, 0.717) is 0 Å². The fourth-order valence-electron chi connectivity index (χ4n) is 8.96. The zero-order chi connectivity index (χ0) is 42.8. The number of nitrogens with zero attached hydrogens (tertiary/aromatic N) is 3. The Morgan fingerprint density at radius 2 is 1.35 bits per heavy atom. The van der Waals surface area contributed by atoms with Crippen molar-refractivity contribution in [2.45, 2.75) is 107 Å². The first-order valence-corrected chi connectivity index (χ1v) is 21.6. The van der Waals surface area contributed by atoms with E-state index in [-0.39, 0.29) is 55.7 Å². The predicted molar refractivity (Wildman–Crippen MR) is 253 cm³/mol. The van der Waals surface area contributed by atoms with Crippen LogP contribution in [0, 0.1) is 45.6 Å². The van der Waals surface area contributed by atoms with Gasteiger partial charge in [0.2, 0.25) is 0 Å². The number of imidazole rings is 1. The monoisotopic (exact) mass is 977 g/mol. The molecule has 7 heteroatoms. The normalized spacial score (nSPS) is 12.9. The number of hydrogen-bond acceptors (Lipinski definition) is 4. The van der Waals surface area contributed by atoms with Gasteiger partial charge < -0.3 is 14.5 Å². The first kappa shape index (κ1) is 46.4. The van der Waals surface area contributed by atoms with Crippen LogP contribution in [0.5, 0.6) is 0 Å². The fourth-order valence-corrected chi connectivity index (χ4v) is 8.96. The van der Waals surface area contributed by atoms with Gasteiger partial charge in [0, 0.05) is 49.3 Å². The third kappa shape index (κ3) is 9.28. The van der Waals surface area contributed by atoms with Crippen molar-refractivity contribution in [2.24, 2.45) is 11.8 Å². The van der Waals surface area contributed by atoms with E-state index in [1.54, 1.807) is 0 Å². The molecule has 7 rings (SSSR count). The molecule has 1 aromatic heterocycles. The Balaban J connectivity index is 0.000000367. The van der Waals surface area contributed by atoms with Crippen LogP contribution < -0.4 is 11.1 Å². The third-order valence-corrected chi connectivity index (χ3v) is 12.4. The zero-order valence-electron chi connectivity index (χ0n) is 37.8. The van der Waals surface area contributed by atoms with E-state index >= 15 is 0 Å². The second-order valence-corrected chi connectivity index (χ2v) is 17.6. The van der Waals surface area contributed by atoms with Crippen molar-refractivity contribution in [3.63, 3.8) is 0 Å². The van der Waals surface area contributed by atoms with Gasteiger partial charge in [-0.05, 0) is 100 Å². The fraction of sp³-hybridized carbons (Fsp3) is 0.358. The number of benzene rings is 5. The van der Waals surface area contributed by atoms with E-state index in [9.17, 15) is 9.90 Å². The Kier molecular flexibility index (Phi) is 14.9. The van der Waals surface area contributed by atoms with Gasteiger partial charge in [0.1, 0.15) is 0 Å². The molecule has 2 heterocycles. The summed E-state index contributed by atoms with van der Waals surface area (Å²) in [6, 6.07) is 32.7. The minimum atomic E-state index is -0.0684. The molecule has 0 amide bonds. The number of fused-ring (bicyclic) bond motifs is 3. The van der Waals surface area contributed by atoms with Crippen molar-refractivity contribution in [3.8, 4) is 17.1 Å². The quantitative estimate of drug-likeness (QED) is 0.0489. The van der Waals surface area contributed by atoms with E-state index < -0.39 is 0 Å². The van der Waals surface area contributed by atoms with Crippen molar-refractivity contribution in [1.82, 2.24) is 14.4 Å². The third-order valence-electron chi connectivity index (χ3n) is 12.4. The summed E-state index contributed by atoms with van der Waals surface area (Å²) in [6.07, 6.45) is 9.26. The zero-order valence-corrected chi connectivity index (χ0v) is 40.2. The van der Waals surface area contributed by atoms with Crippen molar-refractivity contribution in [1.29, 1.82) is 0 Å². The van der Waals surface area contributed by atoms with Crippen LogP contribution in [0.2, 0.25) is 0 Å². The molecular formula is C53H63BIrN3O2-. The number of ketones is 1. The Morgan fingerprint density at radius 1 is 0.800 bits per heavy atom. The van der Waals surface area contributed by atoms with Crippen LogP contribution in [0.3, 0.4) is 0 Å². The van der Waals surface area contributed by atoms with Gasteiger partial charge in [-0.15, -0.1) is 29.1 Å². The summed E-state index contributed by atoms with van der Waals surface area (Å²) >= 11 is 0. The number of aryl methyl sites for hydroxylation is 4. The number of rotatable bonds is 10. The van der Waals surface area contributed by atoms with Crippen LogP contribution in [0.1, 0.15) is 108 Å². The molecule has 0 bridgehead atoms. The summed E-state index contributed by atoms with van der Waals surface area (Å²) in [7, 11) is 2.18. The maximum absolute atomic E-state index is 11.7. The average Bonchev–Trinajstić information content (AvgIpc) is 3.57. The van der Waals surface area contributed by atoms with Crippen LogP contribution in [-0.2, 0) is 30.3 Å². The summed E-state index contributed by atoms with van der Waals surface area (Å²) < 4.78 is 2.45. The molecule has 0 aliphatic carbocycles. The Hall–Kier alpha value is -4.71. The van der Waals surface area contributed by atoms with Crippen molar-refractivity contribution >= 4 is 51.3 Å². The molecule has 0 spiro atoms. The van der Waals surface area contributed by atoms with Crippen molar-refractivity contribution in [3.05, 3.63) is 136 Å². The molecule has 315 valence electrons. The van der Waals surface area contributed by atoms with Crippen LogP contribution in [0.15, 0.2) is 96.9 Å². The molecule has 60 heavy (non-hydrogen) atoms. The van der Waals surface area contributed by atoms with Crippen molar-refractivity contribution < 1.29 is 30.0 Å². The summed E-state index contributed by atoms with van der Waals surface area (Å²) in [5.74, 6) is 1.48. The van der Waals surface area contributed by atoms with Gasteiger partial charge >= 0.3 is 6.85 Å². The molecule has 1 aliphatic heterocycles. The molecule has 1 aliphatic rings. The predicted octanol–water partition coefficient (Wildman–Crippen LogP) is 12.1. The van der Waals surface area contributed by atoms with Gasteiger partial charge in [0.05, 0.1) is 17.3 Å². The van der Waals surface area contributed by atoms with E-state index in [1.807, 2.05) is 27.7 Å². The van der Waals surface area contributed by atoms with E-state index in [1.165, 1.54) is 66.8 Å². The molecular weight excluding hydrogens is 914 g/mol. The van der Waals surface area contributed by atoms with Gasteiger partial charge in [-0.2, -0.15) is 0 Å². The summed E-state index contributed by atoms with van der Waals surface area (Å²) in [6.45, 7) is 23.9. The Bertz CT molecular complexity index is 2510. The molecule has 5 aromatic carbocycles. The van der Waals surface area contributed by atoms with Gasteiger partial charge in [0.25, 0.3) is 0 Å². The van der Waals surface area contributed by atoms with Gasteiger partial charge in [-0.1, -0.05) is 143 Å². The Morgan fingerprint density at radius 3 is 1.90 bits per heavy atom. The minimum absolute atomic E-state index is 0. The smallest absolute Gasteiger partial charge is 0.343 e. The number of allylic oxidation sites excluding steroid dienone is 2. The average molecular weight is 977 g/mol. The maximum Gasteiger partial charge on any atom is 0.343 e. The first-order valence-electron chi connectivity index (χ1n) is 21.6. The molecule has 0 unspecified atom stereocenters. The van der Waals surface area contributed by atoms with Crippen LogP contribution in [0.25, 0.3) is 44.7 Å². The van der Waals surface area contributed by atoms with Gasteiger partial charge in [0.15, 0.2) is 5.78 Å². The van der Waals surface area contributed by atoms with Crippen molar-refractivity contribution in [2.75, 3.05) is 7.05 Å². The minimum Gasteiger partial charge on any atom is -0.512 e. The summed E-state index contributed by atoms with van der Waals surface area (Å²) in [4.78, 5) is 19.5. The van der Waals surface area contributed by atoms with Crippen LogP contribution in [-0.4, -0.2) is 39.1 Å². The number of hydrogen-bond donors (Lipinski definition) is 1. The molecule has 0 saturated carbocycles. The number of carbonyl (C=O) groups is 1. The molecule has 0 atom stereocenters. The summed E-state index contributed by atoms with van der Waals surface area (Å²) in [5, 5.41) is 14.6. The molecule has 6 aromatic rings. The molecule has 5 nitrogen and oxygen atoms in total. The maximum atomic E-state index is 11.7. The number of para-hydroxylation sites is 1. The summed E-state index contributed by atoms with van der Waals surface area (Å²) in [5.41, 5.74) is 12.0. The van der Waals surface area contributed by atoms with E-state index in [0.717, 1.165) is 48.2 Å². The van der Waals surface area contributed by atoms with Gasteiger partial charge in [-0.25, -0.2) is 0 Å². The number of aliphatic hydroxyl groups excluding tert-OH is 1. The first-order chi connectivity index (χ1) is 28.1. The van der Waals surface area contributed by atoms with Gasteiger partial charge in [-0.3, -0.25) is 9.78 Å². The van der Waals surface area contributed by atoms with Crippen LogP contribution in [0.4, 0.5) is 0 Å². The largest absolute Gasteiger partial charge is 0.512 e. The number of aromatic nitrogens is 2. The standard InChI is InChI=1S/C40H39BN3.C13H24O2.Ir/c1-25-13-11-14-26(2)36(25)41-38-35(19-20-43(41)8)42-39(44(38)37-27(3)15-12-16-28(37)4)32-22-31-21-29-17-9-10-18-30(29)23-33(31)34(24-32)40(5,6)7;1-5-10(6-2)12(14)9-13(15)11(7-3)8-4;/h9-21,23-24H,1-8H3;9-11,14H,5-8H2,1-4H3;/q-1;;/b;12-9-;. The molecule has 0 fully saturated rings. The Labute approximate surface area is 373 Å². The SMILES string of the molecule is CCC(CC)C(=O)/C=C(\O)C(CC)CC.Cc1cccc(C)c1B1c2c(nc(-c3[c-]c4cc5ccccc5cc4c(C(C)(C)C)c3)n2-c2c(C)cccc2C)C=CN1C.[Ir]. The number of carbonyl (C=O) groups excluding carboxylic acids is 1. The molecule has 0 saturated heterocycles. The topological polar surface area (TPSA) is 58.4 Å².